The van der Waals surface area contributed by atoms with Gasteiger partial charge in [0.05, 0.1) is 5.56 Å². The number of nitrogens with one attached hydrogen (secondary N) is 2. The van der Waals surface area contributed by atoms with E-state index in [0.29, 0.717) is 43.3 Å². The number of aryl methyl sites for hydroxylation is 2. The highest BCUT2D eigenvalue weighted by atomic mass is 16.3. The van der Waals surface area contributed by atoms with Crippen molar-refractivity contribution in [1.82, 2.24) is 15.5 Å². The summed E-state index contributed by atoms with van der Waals surface area (Å²) in [5.41, 5.74) is 0.540. The zero-order valence-corrected chi connectivity index (χ0v) is 12.2. The van der Waals surface area contributed by atoms with Crippen LogP contribution in [0, 0.1) is 13.8 Å². The molecule has 0 radical (unpaired) electrons. The molecule has 0 aromatic carbocycles. The summed E-state index contributed by atoms with van der Waals surface area (Å²) in [5.74, 6) is 1.04. The minimum atomic E-state index is -0.467. The molecule has 0 spiro atoms. The first-order chi connectivity index (χ1) is 9.54. The summed E-state index contributed by atoms with van der Waals surface area (Å²) < 4.78 is 5.41. The lowest BCUT2D eigenvalue weighted by Gasteiger charge is -2.35. The zero-order chi connectivity index (χ0) is 14.7. The van der Waals surface area contributed by atoms with Crippen LogP contribution >= 0.6 is 0 Å². The average molecular weight is 279 g/mol. The third-order valence-corrected chi connectivity index (χ3v) is 3.43. The summed E-state index contributed by atoms with van der Waals surface area (Å²) in [6, 6.07) is 1.26. The largest absolute Gasteiger partial charge is 0.466 e. The van der Waals surface area contributed by atoms with Crippen LogP contribution in [0.25, 0.3) is 0 Å². The summed E-state index contributed by atoms with van der Waals surface area (Å²) in [5, 5.41) is 5.93. The molecule has 20 heavy (non-hydrogen) atoms. The normalized spacial score (nSPS) is 18.9. The van der Waals surface area contributed by atoms with E-state index in [0.717, 1.165) is 0 Å². The molecule has 0 saturated carbocycles. The number of rotatable bonds is 3. The van der Waals surface area contributed by atoms with Gasteiger partial charge in [-0.15, -0.1) is 0 Å². The monoisotopic (exact) mass is 279 g/mol. The first-order valence-corrected chi connectivity index (χ1v) is 6.91. The fourth-order valence-corrected chi connectivity index (χ4v) is 2.47. The van der Waals surface area contributed by atoms with Gasteiger partial charge >= 0.3 is 0 Å². The molecule has 1 aliphatic rings. The van der Waals surface area contributed by atoms with E-state index in [-0.39, 0.29) is 11.8 Å². The number of carbonyl (C=O) groups is 2. The number of piperazine rings is 1. The van der Waals surface area contributed by atoms with Crippen LogP contribution in [0.5, 0.6) is 0 Å². The van der Waals surface area contributed by atoms with E-state index >= 15 is 0 Å². The van der Waals surface area contributed by atoms with Crippen molar-refractivity contribution in [2.24, 2.45) is 0 Å². The van der Waals surface area contributed by atoms with Crippen molar-refractivity contribution in [2.45, 2.75) is 26.8 Å². The summed E-state index contributed by atoms with van der Waals surface area (Å²) in [7, 11) is 0. The number of likely N-dealkylation sites (N-methyl/N-ethyl adjacent to an activating group) is 1. The van der Waals surface area contributed by atoms with E-state index in [4.69, 9.17) is 4.42 Å². The van der Waals surface area contributed by atoms with Gasteiger partial charge in [0, 0.05) is 26.2 Å². The van der Waals surface area contributed by atoms with Crippen LogP contribution in [0.3, 0.4) is 0 Å². The van der Waals surface area contributed by atoms with E-state index in [9.17, 15) is 9.59 Å². The molecule has 1 aliphatic heterocycles. The second-order valence-electron chi connectivity index (χ2n) is 4.94. The highest BCUT2D eigenvalue weighted by molar-refractivity contribution is 5.98. The van der Waals surface area contributed by atoms with Gasteiger partial charge in [-0.05, 0) is 26.8 Å². The van der Waals surface area contributed by atoms with E-state index in [1.165, 1.54) is 0 Å². The number of hydrogen-bond acceptors (Lipinski definition) is 4. The molecule has 6 nitrogen and oxygen atoms in total. The lowest BCUT2D eigenvalue weighted by Crippen LogP contribution is -2.59. The van der Waals surface area contributed by atoms with E-state index < -0.39 is 6.04 Å². The van der Waals surface area contributed by atoms with E-state index in [1.807, 2.05) is 13.8 Å². The number of hydrogen-bond donors (Lipinski definition) is 2. The van der Waals surface area contributed by atoms with Gasteiger partial charge in [-0.25, -0.2) is 0 Å². The quantitative estimate of drug-likeness (QED) is 0.842. The smallest absolute Gasteiger partial charge is 0.258 e. The first kappa shape index (κ1) is 14.6. The molecule has 1 fully saturated rings. The summed E-state index contributed by atoms with van der Waals surface area (Å²) >= 11 is 0. The molecule has 0 bridgehead atoms. The first-order valence-electron chi connectivity index (χ1n) is 6.91. The van der Waals surface area contributed by atoms with Crippen molar-refractivity contribution in [3.63, 3.8) is 0 Å². The van der Waals surface area contributed by atoms with Crippen LogP contribution in [0.1, 0.15) is 28.8 Å². The van der Waals surface area contributed by atoms with E-state index in [1.54, 1.807) is 17.9 Å². The molecule has 1 unspecified atom stereocenters. The maximum Gasteiger partial charge on any atom is 0.258 e. The summed E-state index contributed by atoms with van der Waals surface area (Å²) in [6.45, 7) is 7.69. The van der Waals surface area contributed by atoms with Crippen LogP contribution in [-0.4, -0.2) is 48.9 Å². The zero-order valence-electron chi connectivity index (χ0n) is 12.2. The molecular weight excluding hydrogens is 258 g/mol. The molecule has 2 amide bonds. The van der Waals surface area contributed by atoms with Crippen molar-refractivity contribution in [1.29, 1.82) is 0 Å². The highest BCUT2D eigenvalue weighted by Crippen LogP contribution is 2.18. The van der Waals surface area contributed by atoms with Crippen molar-refractivity contribution in [3.05, 3.63) is 23.2 Å². The third-order valence-electron chi connectivity index (χ3n) is 3.43. The van der Waals surface area contributed by atoms with Crippen LogP contribution in [0.15, 0.2) is 10.5 Å². The van der Waals surface area contributed by atoms with Gasteiger partial charge in [-0.2, -0.15) is 0 Å². The van der Waals surface area contributed by atoms with Crippen molar-refractivity contribution >= 4 is 11.8 Å². The SMILES string of the molecule is CCNC(=O)C1CNCCN1C(=O)c1cc(C)oc1C. The lowest BCUT2D eigenvalue weighted by atomic mass is 10.1. The number of nitrogens with zero attached hydrogens (tertiary/aromatic N) is 1. The fourth-order valence-electron chi connectivity index (χ4n) is 2.47. The Hall–Kier alpha value is -1.82. The Labute approximate surface area is 118 Å². The predicted octanol–water partition coefficient (Wildman–Crippen LogP) is 0.447. The molecule has 2 N–H and O–H groups in total. The minimum absolute atomic E-state index is 0.120. The second-order valence-corrected chi connectivity index (χ2v) is 4.94. The van der Waals surface area contributed by atoms with Gasteiger partial charge in [0.1, 0.15) is 17.6 Å². The summed E-state index contributed by atoms with van der Waals surface area (Å²) in [4.78, 5) is 26.3. The highest BCUT2D eigenvalue weighted by Gasteiger charge is 2.33. The molecule has 110 valence electrons. The van der Waals surface area contributed by atoms with Crippen LogP contribution in [0.4, 0.5) is 0 Å². The Balaban J connectivity index is 2.21. The van der Waals surface area contributed by atoms with Gasteiger partial charge in [0.25, 0.3) is 5.91 Å². The Morgan fingerprint density at radius 2 is 2.25 bits per heavy atom. The topological polar surface area (TPSA) is 74.6 Å². The minimum Gasteiger partial charge on any atom is -0.466 e. The van der Waals surface area contributed by atoms with Gasteiger partial charge in [-0.1, -0.05) is 0 Å². The Morgan fingerprint density at radius 1 is 1.50 bits per heavy atom. The van der Waals surface area contributed by atoms with Crippen molar-refractivity contribution < 1.29 is 14.0 Å². The number of furan rings is 1. The van der Waals surface area contributed by atoms with Gasteiger partial charge in [0.15, 0.2) is 0 Å². The summed E-state index contributed by atoms with van der Waals surface area (Å²) in [6.07, 6.45) is 0. The molecule has 1 atom stereocenters. The van der Waals surface area contributed by atoms with Gasteiger partial charge in [-0.3, -0.25) is 9.59 Å². The fraction of sp³-hybridized carbons (Fsp3) is 0.571. The Bertz CT molecular complexity index is 510. The molecule has 2 rings (SSSR count). The van der Waals surface area contributed by atoms with Crippen LogP contribution in [-0.2, 0) is 4.79 Å². The molecule has 2 heterocycles. The molecule has 1 aromatic rings. The van der Waals surface area contributed by atoms with E-state index in [2.05, 4.69) is 10.6 Å². The predicted molar refractivity (Wildman–Crippen MR) is 74.6 cm³/mol. The van der Waals surface area contributed by atoms with Gasteiger partial charge in [0.2, 0.25) is 5.91 Å². The molecule has 6 heteroatoms. The lowest BCUT2D eigenvalue weighted by molar-refractivity contribution is -0.126. The van der Waals surface area contributed by atoms with Crippen LogP contribution in [0.2, 0.25) is 0 Å². The standard InChI is InChI=1S/C14H21N3O3/c1-4-16-13(18)12-8-15-5-6-17(12)14(19)11-7-9(2)20-10(11)3/h7,12,15H,4-6,8H2,1-3H3,(H,16,18). The van der Waals surface area contributed by atoms with Crippen molar-refractivity contribution in [3.8, 4) is 0 Å². The Kier molecular flexibility index (Phi) is 4.44. The maximum absolute atomic E-state index is 12.6. The second kappa shape index (κ2) is 6.09. The maximum atomic E-state index is 12.6. The molecule has 1 aromatic heterocycles. The van der Waals surface area contributed by atoms with Crippen molar-refractivity contribution in [2.75, 3.05) is 26.2 Å². The number of amides is 2. The molecule has 0 aliphatic carbocycles. The Morgan fingerprint density at radius 3 is 2.85 bits per heavy atom. The molecule has 1 saturated heterocycles. The number of carbonyl (C=O) groups excluding carboxylic acids is 2. The molecular formula is C14H21N3O3. The van der Waals surface area contributed by atoms with Gasteiger partial charge < -0.3 is 20.0 Å². The average Bonchev–Trinajstić information content (AvgIpc) is 2.77. The van der Waals surface area contributed by atoms with Crippen LogP contribution < -0.4 is 10.6 Å². The third kappa shape index (κ3) is 2.85.